The van der Waals surface area contributed by atoms with Crippen LogP contribution in [0.25, 0.3) is 17.2 Å². The normalized spacial score (nSPS) is 11.1. The summed E-state index contributed by atoms with van der Waals surface area (Å²) in [5.74, 6) is 2.40. The van der Waals surface area contributed by atoms with Crippen LogP contribution in [0.4, 0.5) is 5.82 Å². The Kier molecular flexibility index (Phi) is 6.64. The van der Waals surface area contributed by atoms with E-state index in [1.165, 1.54) is 6.21 Å². The summed E-state index contributed by atoms with van der Waals surface area (Å²) >= 11 is 0. The van der Waals surface area contributed by atoms with Crippen molar-refractivity contribution in [3.05, 3.63) is 77.6 Å². The second kappa shape index (κ2) is 9.95. The van der Waals surface area contributed by atoms with Crippen LogP contribution in [0, 0.1) is 13.8 Å². The van der Waals surface area contributed by atoms with Crippen molar-refractivity contribution in [2.24, 2.45) is 5.10 Å². The van der Waals surface area contributed by atoms with Crippen LogP contribution in [0.15, 0.2) is 65.8 Å². The molecule has 0 fully saturated rings. The minimum atomic E-state index is 0.0881. The first-order valence-electron chi connectivity index (χ1n) is 10.8. The molecule has 2 aromatic heterocycles. The number of hydrogen-bond donors (Lipinski definition) is 2. The van der Waals surface area contributed by atoms with Gasteiger partial charge >= 0.3 is 0 Å². The summed E-state index contributed by atoms with van der Waals surface area (Å²) in [5, 5.41) is 19.1. The quantitative estimate of drug-likeness (QED) is 0.298. The SMILES string of the molecule is CCCOc1ccc(C=NNc2cc(-n3nc(C)cc3C)nc(-c3ccccc3)n2)c(O)c1. The second-order valence-corrected chi connectivity index (χ2v) is 7.58. The molecule has 2 aromatic carbocycles. The molecule has 4 rings (SSSR count). The number of benzene rings is 2. The summed E-state index contributed by atoms with van der Waals surface area (Å²) in [6, 6.07) is 18.6. The molecule has 0 aliphatic rings. The fourth-order valence-corrected chi connectivity index (χ4v) is 3.29. The van der Waals surface area contributed by atoms with Crippen LogP contribution in [0.2, 0.25) is 0 Å². The summed E-state index contributed by atoms with van der Waals surface area (Å²) in [6.45, 7) is 6.55. The highest BCUT2D eigenvalue weighted by molar-refractivity contribution is 5.84. The summed E-state index contributed by atoms with van der Waals surface area (Å²) in [5.41, 5.74) is 6.26. The van der Waals surface area contributed by atoms with E-state index in [1.807, 2.05) is 57.2 Å². The van der Waals surface area contributed by atoms with Crippen LogP contribution in [0.3, 0.4) is 0 Å². The molecule has 0 radical (unpaired) electrons. The highest BCUT2D eigenvalue weighted by atomic mass is 16.5. The van der Waals surface area contributed by atoms with Crippen molar-refractivity contribution in [2.45, 2.75) is 27.2 Å². The lowest BCUT2D eigenvalue weighted by Crippen LogP contribution is -2.06. The number of aromatic nitrogens is 4. The lowest BCUT2D eigenvalue weighted by molar-refractivity contribution is 0.315. The Hall–Kier alpha value is -4.20. The molecule has 33 heavy (non-hydrogen) atoms. The molecule has 0 saturated carbocycles. The topological polar surface area (TPSA) is 97.5 Å². The van der Waals surface area contributed by atoms with Gasteiger partial charge in [-0.25, -0.2) is 14.6 Å². The molecule has 2 heterocycles. The maximum absolute atomic E-state index is 10.3. The highest BCUT2D eigenvalue weighted by Crippen LogP contribution is 2.23. The van der Waals surface area contributed by atoms with Crippen molar-refractivity contribution in [3.63, 3.8) is 0 Å². The van der Waals surface area contributed by atoms with Gasteiger partial charge in [-0.2, -0.15) is 10.2 Å². The van der Waals surface area contributed by atoms with E-state index in [4.69, 9.17) is 9.72 Å². The molecular formula is C25H26N6O2. The molecule has 0 saturated heterocycles. The number of aromatic hydroxyl groups is 1. The lowest BCUT2D eigenvalue weighted by atomic mass is 10.2. The predicted octanol–water partition coefficient (Wildman–Crippen LogP) is 4.89. The standard InChI is InChI=1S/C25H26N6O2/c1-4-12-33-21-11-10-20(22(32)14-21)16-26-29-23-15-24(31-18(3)13-17(2)30-31)28-25(27-23)19-8-6-5-7-9-19/h5-11,13-16,32H,4,12H2,1-3H3,(H,27,28,29). The van der Waals surface area contributed by atoms with Crippen molar-refractivity contribution in [1.82, 2.24) is 19.7 Å². The van der Waals surface area contributed by atoms with Crippen LogP contribution < -0.4 is 10.2 Å². The fourth-order valence-electron chi connectivity index (χ4n) is 3.29. The van der Waals surface area contributed by atoms with E-state index < -0.39 is 0 Å². The van der Waals surface area contributed by atoms with Gasteiger partial charge in [-0.1, -0.05) is 37.3 Å². The molecule has 0 bridgehead atoms. The van der Waals surface area contributed by atoms with Gasteiger partial charge in [-0.3, -0.25) is 5.43 Å². The summed E-state index contributed by atoms with van der Waals surface area (Å²) in [7, 11) is 0. The molecule has 8 heteroatoms. The first-order chi connectivity index (χ1) is 16.0. The Bertz CT molecular complexity index is 1270. The molecule has 0 atom stereocenters. The Labute approximate surface area is 192 Å². The van der Waals surface area contributed by atoms with E-state index in [1.54, 1.807) is 28.9 Å². The zero-order valence-corrected chi connectivity index (χ0v) is 18.9. The number of hydrogen-bond acceptors (Lipinski definition) is 7. The van der Waals surface area contributed by atoms with Gasteiger partial charge in [0.25, 0.3) is 0 Å². The zero-order chi connectivity index (χ0) is 23.2. The molecule has 168 valence electrons. The minimum absolute atomic E-state index is 0.0881. The molecule has 8 nitrogen and oxygen atoms in total. The van der Waals surface area contributed by atoms with E-state index in [0.717, 1.165) is 23.4 Å². The maximum atomic E-state index is 10.3. The van der Waals surface area contributed by atoms with E-state index in [2.05, 4.69) is 20.6 Å². The molecule has 0 amide bonds. The van der Waals surface area contributed by atoms with Gasteiger partial charge in [0.05, 0.1) is 18.5 Å². The fraction of sp³-hybridized carbons (Fsp3) is 0.200. The van der Waals surface area contributed by atoms with E-state index in [9.17, 15) is 5.11 Å². The first kappa shape index (κ1) is 22.0. The van der Waals surface area contributed by atoms with Crippen LogP contribution in [-0.4, -0.2) is 37.7 Å². The van der Waals surface area contributed by atoms with E-state index in [0.29, 0.717) is 35.4 Å². The van der Waals surface area contributed by atoms with Crippen molar-refractivity contribution < 1.29 is 9.84 Å². The van der Waals surface area contributed by atoms with E-state index >= 15 is 0 Å². The average Bonchev–Trinajstić information content (AvgIpc) is 3.17. The molecule has 0 spiro atoms. The number of phenols is 1. The van der Waals surface area contributed by atoms with Gasteiger partial charge in [0.2, 0.25) is 0 Å². The van der Waals surface area contributed by atoms with Gasteiger partial charge in [0.1, 0.15) is 11.5 Å². The number of anilines is 1. The highest BCUT2D eigenvalue weighted by Gasteiger charge is 2.11. The number of aryl methyl sites for hydroxylation is 2. The van der Waals surface area contributed by atoms with Crippen LogP contribution in [0.1, 0.15) is 30.3 Å². The molecule has 4 aromatic rings. The van der Waals surface area contributed by atoms with Crippen molar-refractivity contribution in [2.75, 3.05) is 12.0 Å². The Balaban J connectivity index is 1.62. The molecule has 0 unspecified atom stereocenters. The smallest absolute Gasteiger partial charge is 0.164 e. The Morgan fingerprint density at radius 2 is 1.88 bits per heavy atom. The predicted molar refractivity (Wildman–Crippen MR) is 129 cm³/mol. The zero-order valence-electron chi connectivity index (χ0n) is 18.9. The van der Waals surface area contributed by atoms with Crippen molar-refractivity contribution in [1.29, 1.82) is 0 Å². The number of ether oxygens (including phenoxy) is 1. The van der Waals surface area contributed by atoms with Crippen molar-refractivity contribution in [3.8, 4) is 28.7 Å². The van der Waals surface area contributed by atoms with Crippen LogP contribution >= 0.6 is 0 Å². The largest absolute Gasteiger partial charge is 0.507 e. The summed E-state index contributed by atoms with van der Waals surface area (Å²) < 4.78 is 7.32. The lowest BCUT2D eigenvalue weighted by Gasteiger charge is -2.09. The van der Waals surface area contributed by atoms with Gasteiger partial charge < -0.3 is 9.84 Å². The number of hydrazone groups is 1. The molecule has 0 aliphatic carbocycles. The third kappa shape index (κ3) is 5.35. The summed E-state index contributed by atoms with van der Waals surface area (Å²) in [6.07, 6.45) is 2.43. The van der Waals surface area contributed by atoms with Crippen LogP contribution in [0.5, 0.6) is 11.5 Å². The minimum Gasteiger partial charge on any atom is -0.507 e. The first-order valence-corrected chi connectivity index (χ1v) is 10.8. The molecule has 2 N–H and O–H groups in total. The number of phenolic OH excluding ortho intramolecular Hbond substituents is 1. The number of nitrogens with zero attached hydrogens (tertiary/aromatic N) is 5. The van der Waals surface area contributed by atoms with Gasteiger partial charge in [0.15, 0.2) is 17.5 Å². The van der Waals surface area contributed by atoms with E-state index in [-0.39, 0.29) is 5.75 Å². The van der Waals surface area contributed by atoms with Crippen LogP contribution in [-0.2, 0) is 0 Å². The second-order valence-electron chi connectivity index (χ2n) is 7.58. The summed E-state index contributed by atoms with van der Waals surface area (Å²) in [4.78, 5) is 9.31. The molecular weight excluding hydrogens is 416 g/mol. The van der Waals surface area contributed by atoms with Gasteiger partial charge in [-0.05, 0) is 38.5 Å². The number of nitrogens with one attached hydrogen (secondary N) is 1. The Morgan fingerprint density at radius 1 is 1.06 bits per heavy atom. The average molecular weight is 443 g/mol. The Morgan fingerprint density at radius 3 is 2.58 bits per heavy atom. The maximum Gasteiger partial charge on any atom is 0.164 e. The number of rotatable bonds is 8. The van der Waals surface area contributed by atoms with Gasteiger partial charge in [-0.15, -0.1) is 0 Å². The monoisotopic (exact) mass is 442 g/mol. The third-order valence-electron chi connectivity index (χ3n) is 4.83. The van der Waals surface area contributed by atoms with Crippen molar-refractivity contribution >= 4 is 12.0 Å². The van der Waals surface area contributed by atoms with Gasteiger partial charge in [0, 0.05) is 29.0 Å². The molecule has 0 aliphatic heterocycles. The third-order valence-corrected chi connectivity index (χ3v) is 4.83.